The summed E-state index contributed by atoms with van der Waals surface area (Å²) in [4.78, 5) is 14.4. The van der Waals surface area contributed by atoms with E-state index in [1.54, 1.807) is 6.92 Å². The lowest BCUT2D eigenvalue weighted by Gasteiger charge is -2.35. The Morgan fingerprint density at radius 2 is 2.20 bits per heavy atom. The van der Waals surface area contributed by atoms with Gasteiger partial charge in [-0.2, -0.15) is 0 Å². The summed E-state index contributed by atoms with van der Waals surface area (Å²) in [6, 6.07) is 3.36. The van der Waals surface area contributed by atoms with Crippen LogP contribution in [0.2, 0.25) is 0 Å². The molecule has 1 aromatic carbocycles. The third-order valence-electron chi connectivity index (χ3n) is 4.19. The van der Waals surface area contributed by atoms with Gasteiger partial charge in [0, 0.05) is 35.4 Å². The zero-order valence-corrected chi connectivity index (χ0v) is 12.2. The predicted octanol–water partition coefficient (Wildman–Crippen LogP) is 1.93. The Morgan fingerprint density at radius 3 is 2.80 bits per heavy atom. The molecule has 0 bridgehead atoms. The number of hydrogen-bond acceptors (Lipinski definition) is 3. The number of carbonyl (C=O) groups is 1. The summed E-state index contributed by atoms with van der Waals surface area (Å²) in [5.74, 6) is -0.691. The van der Waals surface area contributed by atoms with Crippen LogP contribution in [-0.4, -0.2) is 36.5 Å². The standard InChI is InChI=1S/C15H22FN3O/c1-9-6-12(4-5-19(9)3)18-15(20)11-7-13(16)10(2)14(17)8-11/h7-9,12H,4-6,17H2,1-3H3,(H,18,20). The van der Waals surface area contributed by atoms with Crippen LogP contribution in [0.15, 0.2) is 12.1 Å². The van der Waals surface area contributed by atoms with Crippen LogP contribution in [0.4, 0.5) is 10.1 Å². The molecule has 0 aromatic heterocycles. The van der Waals surface area contributed by atoms with Crippen molar-refractivity contribution in [3.05, 3.63) is 29.1 Å². The van der Waals surface area contributed by atoms with Crippen molar-refractivity contribution in [2.75, 3.05) is 19.3 Å². The molecule has 1 amide bonds. The van der Waals surface area contributed by atoms with Crippen molar-refractivity contribution < 1.29 is 9.18 Å². The molecule has 2 rings (SSSR count). The van der Waals surface area contributed by atoms with Gasteiger partial charge in [0.2, 0.25) is 0 Å². The number of benzene rings is 1. The number of amides is 1. The van der Waals surface area contributed by atoms with Crippen molar-refractivity contribution in [3.63, 3.8) is 0 Å². The van der Waals surface area contributed by atoms with Gasteiger partial charge in [-0.05, 0) is 45.9 Å². The summed E-state index contributed by atoms with van der Waals surface area (Å²) < 4.78 is 13.6. The fourth-order valence-corrected chi connectivity index (χ4v) is 2.52. The second-order valence-electron chi connectivity index (χ2n) is 5.70. The van der Waals surface area contributed by atoms with E-state index in [9.17, 15) is 9.18 Å². The van der Waals surface area contributed by atoms with E-state index in [4.69, 9.17) is 5.73 Å². The first kappa shape index (κ1) is 14.8. The number of anilines is 1. The number of nitrogens with zero attached hydrogens (tertiary/aromatic N) is 1. The van der Waals surface area contributed by atoms with Gasteiger partial charge in [0.05, 0.1) is 0 Å². The number of nitrogen functional groups attached to an aromatic ring is 1. The summed E-state index contributed by atoms with van der Waals surface area (Å²) in [5.41, 5.74) is 6.69. The molecule has 110 valence electrons. The summed E-state index contributed by atoms with van der Waals surface area (Å²) in [5, 5.41) is 2.97. The number of carbonyl (C=O) groups excluding carboxylic acids is 1. The Hall–Kier alpha value is -1.62. The van der Waals surface area contributed by atoms with Crippen molar-refractivity contribution >= 4 is 11.6 Å². The molecule has 1 heterocycles. The number of hydrogen-bond donors (Lipinski definition) is 2. The zero-order valence-electron chi connectivity index (χ0n) is 12.2. The lowest BCUT2D eigenvalue weighted by atomic mass is 9.98. The Kier molecular flexibility index (Phi) is 4.28. The van der Waals surface area contributed by atoms with Gasteiger partial charge in [0.15, 0.2) is 0 Å². The number of nitrogens with one attached hydrogen (secondary N) is 1. The molecule has 1 saturated heterocycles. The fourth-order valence-electron chi connectivity index (χ4n) is 2.52. The summed E-state index contributed by atoms with van der Waals surface area (Å²) in [7, 11) is 2.08. The maximum Gasteiger partial charge on any atom is 0.251 e. The quantitative estimate of drug-likeness (QED) is 0.813. The second kappa shape index (κ2) is 5.79. The average Bonchev–Trinajstić information content (AvgIpc) is 2.39. The van der Waals surface area contributed by atoms with E-state index in [1.807, 2.05) is 0 Å². The zero-order chi connectivity index (χ0) is 14.9. The second-order valence-corrected chi connectivity index (χ2v) is 5.70. The molecular formula is C15H22FN3O. The van der Waals surface area contributed by atoms with Crippen LogP contribution in [-0.2, 0) is 0 Å². The minimum Gasteiger partial charge on any atom is -0.398 e. The Bertz CT molecular complexity index is 495. The number of rotatable bonds is 2. The van der Waals surface area contributed by atoms with Gasteiger partial charge in [-0.1, -0.05) is 0 Å². The van der Waals surface area contributed by atoms with E-state index >= 15 is 0 Å². The molecule has 2 atom stereocenters. The summed E-state index contributed by atoms with van der Waals surface area (Å²) in [6.07, 6.45) is 1.82. The smallest absolute Gasteiger partial charge is 0.251 e. The molecule has 20 heavy (non-hydrogen) atoms. The molecular weight excluding hydrogens is 257 g/mol. The van der Waals surface area contributed by atoms with Gasteiger partial charge in [0.1, 0.15) is 5.82 Å². The Balaban J connectivity index is 2.05. The van der Waals surface area contributed by atoms with Crippen LogP contribution in [0.25, 0.3) is 0 Å². The minimum atomic E-state index is -0.438. The molecule has 1 fully saturated rings. The van der Waals surface area contributed by atoms with E-state index in [0.717, 1.165) is 19.4 Å². The Labute approximate surface area is 119 Å². The van der Waals surface area contributed by atoms with Gasteiger partial charge < -0.3 is 16.0 Å². The van der Waals surface area contributed by atoms with Crippen LogP contribution in [0.1, 0.15) is 35.7 Å². The maximum absolute atomic E-state index is 13.6. The largest absolute Gasteiger partial charge is 0.398 e. The third-order valence-corrected chi connectivity index (χ3v) is 4.19. The normalized spacial score (nSPS) is 23.6. The molecule has 0 radical (unpaired) electrons. The molecule has 0 spiro atoms. The van der Waals surface area contributed by atoms with Crippen LogP contribution < -0.4 is 11.1 Å². The van der Waals surface area contributed by atoms with Crippen molar-refractivity contribution in [3.8, 4) is 0 Å². The molecule has 0 aliphatic carbocycles. The first-order chi connectivity index (χ1) is 9.38. The topological polar surface area (TPSA) is 58.4 Å². The number of likely N-dealkylation sites (tertiary alicyclic amines) is 1. The molecule has 5 heteroatoms. The summed E-state index contributed by atoms with van der Waals surface area (Å²) >= 11 is 0. The van der Waals surface area contributed by atoms with Crippen LogP contribution >= 0.6 is 0 Å². The van der Waals surface area contributed by atoms with E-state index in [1.165, 1.54) is 12.1 Å². The van der Waals surface area contributed by atoms with Gasteiger partial charge >= 0.3 is 0 Å². The van der Waals surface area contributed by atoms with Gasteiger partial charge in [0.25, 0.3) is 5.91 Å². The van der Waals surface area contributed by atoms with Crippen molar-refractivity contribution in [1.29, 1.82) is 0 Å². The molecule has 0 saturated carbocycles. The van der Waals surface area contributed by atoms with Gasteiger partial charge in [-0.15, -0.1) is 0 Å². The van der Waals surface area contributed by atoms with Gasteiger partial charge in [-0.25, -0.2) is 4.39 Å². The third kappa shape index (κ3) is 3.10. The average molecular weight is 279 g/mol. The van der Waals surface area contributed by atoms with E-state index < -0.39 is 5.82 Å². The first-order valence-corrected chi connectivity index (χ1v) is 6.95. The van der Waals surface area contributed by atoms with Gasteiger partial charge in [-0.3, -0.25) is 4.79 Å². The highest BCUT2D eigenvalue weighted by molar-refractivity contribution is 5.95. The van der Waals surface area contributed by atoms with E-state index in [2.05, 4.69) is 24.2 Å². The molecule has 1 aromatic rings. The monoisotopic (exact) mass is 279 g/mol. The van der Waals surface area contributed by atoms with Crippen molar-refractivity contribution in [1.82, 2.24) is 10.2 Å². The molecule has 1 aliphatic rings. The highest BCUT2D eigenvalue weighted by atomic mass is 19.1. The van der Waals surface area contributed by atoms with Crippen LogP contribution in [0, 0.1) is 12.7 Å². The van der Waals surface area contributed by atoms with Crippen LogP contribution in [0.3, 0.4) is 0 Å². The number of piperidine rings is 1. The molecule has 1 aliphatic heterocycles. The first-order valence-electron chi connectivity index (χ1n) is 6.95. The van der Waals surface area contributed by atoms with Crippen molar-refractivity contribution in [2.45, 2.75) is 38.8 Å². The highest BCUT2D eigenvalue weighted by Crippen LogP contribution is 2.19. The van der Waals surface area contributed by atoms with E-state index in [0.29, 0.717) is 17.3 Å². The number of halogens is 1. The fraction of sp³-hybridized carbons (Fsp3) is 0.533. The molecule has 2 unspecified atom stereocenters. The molecule has 4 nitrogen and oxygen atoms in total. The Morgan fingerprint density at radius 1 is 1.50 bits per heavy atom. The lowest BCUT2D eigenvalue weighted by Crippen LogP contribution is -2.47. The lowest BCUT2D eigenvalue weighted by molar-refractivity contribution is 0.0896. The van der Waals surface area contributed by atoms with Crippen LogP contribution in [0.5, 0.6) is 0 Å². The highest BCUT2D eigenvalue weighted by Gasteiger charge is 2.24. The number of nitrogens with two attached hydrogens (primary N) is 1. The molecule has 3 N–H and O–H groups in total. The predicted molar refractivity (Wildman–Crippen MR) is 78.1 cm³/mol. The SMILES string of the molecule is Cc1c(N)cc(C(=O)NC2CCN(C)C(C)C2)cc1F. The maximum atomic E-state index is 13.6. The summed E-state index contributed by atoms with van der Waals surface area (Å²) in [6.45, 7) is 4.70. The van der Waals surface area contributed by atoms with E-state index in [-0.39, 0.29) is 17.5 Å². The minimum absolute atomic E-state index is 0.138. The van der Waals surface area contributed by atoms with Crippen molar-refractivity contribution in [2.24, 2.45) is 0 Å².